The van der Waals surface area contributed by atoms with E-state index in [4.69, 9.17) is 14.6 Å². The number of methoxy groups -OCH3 is 1. The largest absolute Gasteiger partial charge is 0.493 e. The summed E-state index contributed by atoms with van der Waals surface area (Å²) in [7, 11) is 1.55. The number of ether oxygens (including phenoxy) is 2. The van der Waals surface area contributed by atoms with E-state index in [1.54, 1.807) is 25.4 Å². The molecule has 0 spiro atoms. The van der Waals surface area contributed by atoms with E-state index in [2.05, 4.69) is 30.6 Å². The van der Waals surface area contributed by atoms with Crippen LogP contribution in [-0.2, 0) is 11.3 Å². The van der Waals surface area contributed by atoms with Gasteiger partial charge in [-0.05, 0) is 31.2 Å². The molecule has 1 amide bonds. The number of fused-ring (bicyclic) bond motifs is 1. The molecular weight excluding hydrogens is 524 g/mol. The Bertz CT molecular complexity index is 1450. The quantitative estimate of drug-likeness (QED) is 0.200. The number of benzene rings is 2. The number of nitrogens with one attached hydrogen (secondary N) is 2. The third-order valence-electron chi connectivity index (χ3n) is 6.09. The zero-order valence-corrected chi connectivity index (χ0v) is 22.2. The number of aliphatic hydroxyl groups excluding tert-OH is 1. The van der Waals surface area contributed by atoms with Crippen molar-refractivity contribution < 1.29 is 28.2 Å². The summed E-state index contributed by atoms with van der Waals surface area (Å²) in [6, 6.07) is 7.12. The number of halogens is 2. The van der Waals surface area contributed by atoms with Crippen LogP contribution in [0.2, 0.25) is 0 Å². The van der Waals surface area contributed by atoms with Gasteiger partial charge < -0.3 is 30.1 Å². The molecule has 2 aromatic heterocycles. The predicted molar refractivity (Wildman–Crippen MR) is 146 cm³/mol. The second kappa shape index (κ2) is 13.6. The first-order valence-electron chi connectivity index (χ1n) is 12.7. The van der Waals surface area contributed by atoms with Gasteiger partial charge in [0.15, 0.2) is 23.1 Å². The second-order valence-corrected chi connectivity index (χ2v) is 8.80. The molecule has 0 atom stereocenters. The topological polar surface area (TPSA) is 127 Å². The van der Waals surface area contributed by atoms with E-state index < -0.39 is 17.5 Å². The lowest BCUT2D eigenvalue weighted by atomic mass is 10.2. The lowest BCUT2D eigenvalue weighted by Gasteiger charge is -2.19. The summed E-state index contributed by atoms with van der Waals surface area (Å²) in [6.07, 6.45) is 5.29. The predicted octanol–water partition coefficient (Wildman–Crippen LogP) is 3.58. The Morgan fingerprint density at radius 3 is 2.80 bits per heavy atom. The second-order valence-electron chi connectivity index (χ2n) is 8.80. The Kier molecular flexibility index (Phi) is 9.76. The van der Waals surface area contributed by atoms with Crippen molar-refractivity contribution in [2.75, 3.05) is 50.6 Å². The number of carbonyl (C=O) groups is 1. The minimum atomic E-state index is -1.13. The fraction of sp³-hybridized carbons (Fsp3) is 0.333. The SMILES string of the molecule is CCN(CCO)CCCOc1cc2ncnc(Nc3cnn(CC(=O)Nc4cccc(F)c4F)c3)c2cc1OC. The average Bonchev–Trinajstić information content (AvgIpc) is 3.39. The monoisotopic (exact) mass is 555 g/mol. The lowest BCUT2D eigenvalue weighted by Crippen LogP contribution is -2.28. The highest BCUT2D eigenvalue weighted by atomic mass is 19.2. The minimum absolute atomic E-state index is 0.122. The van der Waals surface area contributed by atoms with Crippen LogP contribution in [0, 0.1) is 11.6 Å². The van der Waals surface area contributed by atoms with Gasteiger partial charge in [0.25, 0.3) is 0 Å². The van der Waals surface area contributed by atoms with Gasteiger partial charge in [-0.2, -0.15) is 5.10 Å². The third kappa shape index (κ3) is 7.18. The Morgan fingerprint density at radius 2 is 2.02 bits per heavy atom. The van der Waals surface area contributed by atoms with E-state index in [1.807, 2.05) is 6.92 Å². The maximum absolute atomic E-state index is 13.8. The van der Waals surface area contributed by atoms with Crippen molar-refractivity contribution in [2.45, 2.75) is 19.9 Å². The number of likely N-dealkylation sites (N-methyl/N-ethyl adjacent to an activating group) is 1. The number of amides is 1. The summed E-state index contributed by atoms with van der Waals surface area (Å²) in [5, 5.41) is 19.5. The van der Waals surface area contributed by atoms with Crippen LogP contribution in [0.5, 0.6) is 11.5 Å². The number of rotatable bonds is 14. The molecule has 0 aliphatic heterocycles. The van der Waals surface area contributed by atoms with Crippen LogP contribution >= 0.6 is 0 Å². The summed E-state index contributed by atoms with van der Waals surface area (Å²) in [4.78, 5) is 23.2. The lowest BCUT2D eigenvalue weighted by molar-refractivity contribution is -0.116. The van der Waals surface area contributed by atoms with Crippen molar-refractivity contribution in [2.24, 2.45) is 0 Å². The number of hydrogen-bond donors (Lipinski definition) is 3. The maximum atomic E-state index is 13.8. The van der Waals surface area contributed by atoms with Crippen molar-refractivity contribution in [3.8, 4) is 11.5 Å². The highest BCUT2D eigenvalue weighted by molar-refractivity contribution is 5.93. The molecule has 11 nitrogen and oxygen atoms in total. The molecule has 0 aliphatic carbocycles. The van der Waals surface area contributed by atoms with Crippen molar-refractivity contribution in [3.63, 3.8) is 0 Å². The Balaban J connectivity index is 1.41. The molecule has 0 aliphatic rings. The van der Waals surface area contributed by atoms with Crippen LogP contribution in [-0.4, -0.2) is 75.6 Å². The highest BCUT2D eigenvalue weighted by Crippen LogP contribution is 2.34. The van der Waals surface area contributed by atoms with Gasteiger partial charge >= 0.3 is 0 Å². The Morgan fingerprint density at radius 1 is 1.18 bits per heavy atom. The van der Waals surface area contributed by atoms with Crippen LogP contribution in [0.4, 0.5) is 26.0 Å². The van der Waals surface area contributed by atoms with Gasteiger partial charge in [-0.25, -0.2) is 18.7 Å². The van der Waals surface area contributed by atoms with E-state index >= 15 is 0 Å². The molecule has 0 saturated carbocycles. The molecule has 4 rings (SSSR count). The van der Waals surface area contributed by atoms with Gasteiger partial charge in [0, 0.05) is 30.7 Å². The molecule has 212 valence electrons. The molecule has 3 N–H and O–H groups in total. The molecule has 0 radical (unpaired) electrons. The average molecular weight is 556 g/mol. The van der Waals surface area contributed by atoms with Crippen LogP contribution < -0.4 is 20.1 Å². The fourth-order valence-electron chi connectivity index (χ4n) is 4.06. The van der Waals surface area contributed by atoms with E-state index in [0.717, 1.165) is 25.6 Å². The van der Waals surface area contributed by atoms with Crippen LogP contribution in [0.25, 0.3) is 10.9 Å². The molecule has 2 aromatic carbocycles. The summed E-state index contributed by atoms with van der Waals surface area (Å²) in [5.41, 5.74) is 0.935. The zero-order valence-electron chi connectivity index (χ0n) is 22.2. The highest BCUT2D eigenvalue weighted by Gasteiger charge is 2.14. The number of hydrogen-bond acceptors (Lipinski definition) is 9. The molecule has 0 bridgehead atoms. The van der Waals surface area contributed by atoms with Crippen LogP contribution in [0.3, 0.4) is 0 Å². The number of nitrogens with zero attached hydrogens (tertiary/aromatic N) is 5. The van der Waals surface area contributed by atoms with Crippen molar-refractivity contribution in [3.05, 3.63) is 60.7 Å². The summed E-state index contributed by atoms with van der Waals surface area (Å²) in [6.45, 7) is 4.72. The van der Waals surface area contributed by atoms with Crippen molar-refractivity contribution >= 4 is 34.0 Å². The van der Waals surface area contributed by atoms with E-state index in [9.17, 15) is 13.6 Å². The maximum Gasteiger partial charge on any atom is 0.246 e. The Labute approximate surface area is 229 Å². The van der Waals surface area contributed by atoms with Crippen LogP contribution in [0.1, 0.15) is 13.3 Å². The normalized spacial score (nSPS) is 11.2. The van der Waals surface area contributed by atoms with E-state index in [-0.39, 0.29) is 18.8 Å². The summed E-state index contributed by atoms with van der Waals surface area (Å²) in [5.74, 6) is -1.18. The number of carbonyl (C=O) groups excluding carboxylic acids is 1. The fourth-order valence-corrected chi connectivity index (χ4v) is 4.06. The van der Waals surface area contributed by atoms with Gasteiger partial charge in [0.05, 0.1) is 43.4 Å². The molecule has 0 fully saturated rings. The molecule has 13 heteroatoms. The number of aromatic nitrogens is 4. The van der Waals surface area contributed by atoms with E-state index in [0.29, 0.717) is 47.1 Å². The van der Waals surface area contributed by atoms with Gasteiger partial charge in [-0.15, -0.1) is 0 Å². The van der Waals surface area contributed by atoms with Gasteiger partial charge in [-0.1, -0.05) is 13.0 Å². The van der Waals surface area contributed by atoms with E-state index in [1.165, 1.54) is 29.3 Å². The molecular formula is C27H31F2N7O4. The third-order valence-corrected chi connectivity index (χ3v) is 6.09. The molecule has 0 saturated heterocycles. The van der Waals surface area contributed by atoms with Gasteiger partial charge in [0.2, 0.25) is 5.91 Å². The first-order valence-corrected chi connectivity index (χ1v) is 12.7. The number of anilines is 3. The number of aliphatic hydroxyl groups is 1. The standard InChI is InChI=1S/C27H31F2N7O4/c1-3-35(9-10-37)8-5-11-40-24-13-22-19(12-23(24)39-2)27(31-17-30-22)33-18-14-32-36(15-18)16-25(38)34-21-7-4-6-20(28)26(21)29/h4,6-7,12-15,17,37H,3,5,8-11,16H2,1-2H3,(H,34,38)(H,30,31,33). The summed E-state index contributed by atoms with van der Waals surface area (Å²) >= 11 is 0. The first-order chi connectivity index (χ1) is 19.4. The zero-order chi connectivity index (χ0) is 28.5. The summed E-state index contributed by atoms with van der Waals surface area (Å²) < 4.78 is 40.1. The first kappa shape index (κ1) is 28.6. The van der Waals surface area contributed by atoms with Crippen LogP contribution in [0.15, 0.2) is 49.1 Å². The minimum Gasteiger partial charge on any atom is -0.493 e. The molecule has 2 heterocycles. The van der Waals surface area contributed by atoms with Gasteiger partial charge in [-0.3, -0.25) is 9.48 Å². The molecule has 40 heavy (non-hydrogen) atoms. The molecule has 4 aromatic rings. The molecule has 0 unspecified atom stereocenters. The van der Waals surface area contributed by atoms with Gasteiger partial charge in [0.1, 0.15) is 18.7 Å². The smallest absolute Gasteiger partial charge is 0.246 e. The van der Waals surface area contributed by atoms with Crippen molar-refractivity contribution in [1.29, 1.82) is 0 Å². The van der Waals surface area contributed by atoms with Crippen molar-refractivity contribution in [1.82, 2.24) is 24.6 Å². The Hall–Kier alpha value is -4.36.